The molecule has 0 N–H and O–H groups in total. The summed E-state index contributed by atoms with van der Waals surface area (Å²) < 4.78 is 5.44. The molecule has 0 aliphatic carbocycles. The average molecular weight is 350 g/mol. The predicted molar refractivity (Wildman–Crippen MR) is 106 cm³/mol. The van der Waals surface area contributed by atoms with Crippen LogP contribution in [-0.2, 0) is 13.0 Å². The van der Waals surface area contributed by atoms with Crippen molar-refractivity contribution in [3.05, 3.63) is 75.4 Å². The van der Waals surface area contributed by atoms with Gasteiger partial charge in [-0.3, -0.25) is 4.98 Å². The van der Waals surface area contributed by atoms with Gasteiger partial charge in [-0.15, -0.1) is 0 Å². The quantitative estimate of drug-likeness (QED) is 0.622. The van der Waals surface area contributed by atoms with Crippen molar-refractivity contribution < 1.29 is 4.42 Å². The van der Waals surface area contributed by atoms with Crippen molar-refractivity contribution in [1.82, 2.24) is 9.88 Å². The number of pyridine rings is 1. The number of hydrogen-bond acceptors (Lipinski definition) is 4. The smallest absolute Gasteiger partial charge is 0.336 e. The Kier molecular flexibility index (Phi) is 5.52. The molecule has 1 aromatic carbocycles. The van der Waals surface area contributed by atoms with Gasteiger partial charge in [0.1, 0.15) is 5.58 Å². The molecule has 0 radical (unpaired) electrons. The molecule has 0 saturated carbocycles. The lowest BCUT2D eigenvalue weighted by atomic mass is 9.95. The fourth-order valence-electron chi connectivity index (χ4n) is 3.37. The number of aromatic nitrogens is 1. The van der Waals surface area contributed by atoms with Crippen LogP contribution in [0.3, 0.4) is 0 Å². The molecule has 0 fully saturated rings. The molecule has 0 unspecified atom stereocenters. The summed E-state index contributed by atoms with van der Waals surface area (Å²) in [6, 6.07) is 11.8. The predicted octanol–water partition coefficient (Wildman–Crippen LogP) is 4.29. The Morgan fingerprint density at radius 2 is 2.00 bits per heavy atom. The van der Waals surface area contributed by atoms with E-state index in [1.54, 1.807) is 6.07 Å². The molecule has 0 saturated heterocycles. The van der Waals surface area contributed by atoms with Crippen LogP contribution < -0.4 is 5.63 Å². The summed E-state index contributed by atoms with van der Waals surface area (Å²) in [5.74, 6) is 0.432. The second kappa shape index (κ2) is 7.83. The van der Waals surface area contributed by atoms with Crippen LogP contribution in [0.1, 0.15) is 42.1 Å². The minimum Gasteiger partial charge on any atom is -0.423 e. The fraction of sp³-hybridized carbons (Fsp3) is 0.364. The van der Waals surface area contributed by atoms with Crippen molar-refractivity contribution in [1.29, 1.82) is 0 Å². The first-order valence-electron chi connectivity index (χ1n) is 9.10. The van der Waals surface area contributed by atoms with Gasteiger partial charge in [0.05, 0.1) is 0 Å². The van der Waals surface area contributed by atoms with Crippen molar-refractivity contribution in [2.45, 2.75) is 39.7 Å². The maximum atomic E-state index is 12.0. The highest BCUT2D eigenvalue weighted by molar-refractivity contribution is 5.82. The first kappa shape index (κ1) is 18.3. The van der Waals surface area contributed by atoms with E-state index in [2.05, 4.69) is 43.8 Å². The molecule has 0 spiro atoms. The first-order valence-corrected chi connectivity index (χ1v) is 9.10. The Morgan fingerprint density at radius 3 is 2.69 bits per heavy atom. The number of hydrogen-bond donors (Lipinski definition) is 0. The maximum Gasteiger partial charge on any atom is 0.336 e. The normalized spacial score (nSPS) is 11.6. The number of benzene rings is 1. The second-order valence-corrected chi connectivity index (χ2v) is 7.26. The standard InChI is InChI=1S/C22H26N2O2/c1-15(2)19-13-20-17(12-22(25)26-21(20)11-16(19)3)14-24(4)10-8-18-7-5-6-9-23-18/h5-7,9,11-13,15H,8,10,14H2,1-4H3. The highest BCUT2D eigenvalue weighted by Crippen LogP contribution is 2.27. The summed E-state index contributed by atoms with van der Waals surface area (Å²) in [4.78, 5) is 18.6. The molecule has 0 aliphatic rings. The third kappa shape index (κ3) is 4.20. The molecule has 0 bridgehead atoms. The van der Waals surface area contributed by atoms with E-state index < -0.39 is 0 Å². The van der Waals surface area contributed by atoms with Crippen molar-refractivity contribution >= 4 is 11.0 Å². The third-order valence-corrected chi connectivity index (χ3v) is 4.75. The molecular formula is C22H26N2O2. The summed E-state index contributed by atoms with van der Waals surface area (Å²) in [5.41, 5.74) is 4.94. The van der Waals surface area contributed by atoms with E-state index in [1.807, 2.05) is 30.5 Å². The van der Waals surface area contributed by atoms with E-state index in [0.717, 1.165) is 35.2 Å². The molecule has 26 heavy (non-hydrogen) atoms. The molecule has 3 aromatic rings. The molecule has 0 aliphatic heterocycles. The van der Waals surface area contributed by atoms with Gasteiger partial charge in [-0.2, -0.15) is 0 Å². The summed E-state index contributed by atoms with van der Waals surface area (Å²) in [5, 5.41) is 1.03. The van der Waals surface area contributed by atoms with Gasteiger partial charge in [0.25, 0.3) is 0 Å². The van der Waals surface area contributed by atoms with Crippen LogP contribution in [0.5, 0.6) is 0 Å². The van der Waals surface area contributed by atoms with Gasteiger partial charge < -0.3 is 9.32 Å². The SMILES string of the molecule is Cc1cc2oc(=O)cc(CN(C)CCc3ccccn3)c2cc1C(C)C. The van der Waals surface area contributed by atoms with Crippen LogP contribution in [0.15, 0.2) is 51.8 Å². The van der Waals surface area contributed by atoms with E-state index in [9.17, 15) is 4.79 Å². The second-order valence-electron chi connectivity index (χ2n) is 7.26. The van der Waals surface area contributed by atoms with Gasteiger partial charge in [0, 0.05) is 42.9 Å². The number of rotatable bonds is 6. The Bertz CT molecular complexity index is 946. The Hall–Kier alpha value is -2.46. The maximum absolute atomic E-state index is 12.0. The fourth-order valence-corrected chi connectivity index (χ4v) is 3.37. The average Bonchev–Trinajstić information content (AvgIpc) is 2.60. The van der Waals surface area contributed by atoms with E-state index in [4.69, 9.17) is 4.42 Å². The topological polar surface area (TPSA) is 46.3 Å². The molecule has 0 amide bonds. The van der Waals surface area contributed by atoms with Crippen LogP contribution in [-0.4, -0.2) is 23.5 Å². The summed E-state index contributed by atoms with van der Waals surface area (Å²) in [6.07, 6.45) is 2.70. The third-order valence-electron chi connectivity index (χ3n) is 4.75. The number of fused-ring (bicyclic) bond motifs is 1. The van der Waals surface area contributed by atoms with Gasteiger partial charge in [-0.05, 0) is 60.8 Å². The Balaban J connectivity index is 1.86. The van der Waals surface area contributed by atoms with E-state index >= 15 is 0 Å². The van der Waals surface area contributed by atoms with Crippen molar-refractivity contribution in [3.8, 4) is 0 Å². The van der Waals surface area contributed by atoms with Crippen LogP contribution in [0.2, 0.25) is 0 Å². The van der Waals surface area contributed by atoms with E-state index in [-0.39, 0.29) is 5.63 Å². The van der Waals surface area contributed by atoms with Gasteiger partial charge in [0.15, 0.2) is 0 Å². The van der Waals surface area contributed by atoms with Gasteiger partial charge >= 0.3 is 5.63 Å². The summed E-state index contributed by atoms with van der Waals surface area (Å²) >= 11 is 0. The molecule has 2 aromatic heterocycles. The molecule has 3 rings (SSSR count). The highest BCUT2D eigenvalue weighted by Gasteiger charge is 2.12. The molecule has 0 atom stereocenters. The van der Waals surface area contributed by atoms with Crippen LogP contribution in [0, 0.1) is 6.92 Å². The van der Waals surface area contributed by atoms with Crippen molar-refractivity contribution in [3.63, 3.8) is 0 Å². The Labute approximate surface area is 154 Å². The van der Waals surface area contributed by atoms with Crippen molar-refractivity contribution in [2.75, 3.05) is 13.6 Å². The van der Waals surface area contributed by atoms with E-state index in [0.29, 0.717) is 18.0 Å². The van der Waals surface area contributed by atoms with Crippen LogP contribution in [0.25, 0.3) is 11.0 Å². The van der Waals surface area contributed by atoms with Gasteiger partial charge in [-0.1, -0.05) is 19.9 Å². The van der Waals surface area contributed by atoms with E-state index in [1.165, 1.54) is 5.56 Å². The molecule has 4 nitrogen and oxygen atoms in total. The minimum atomic E-state index is -0.290. The van der Waals surface area contributed by atoms with Crippen LogP contribution >= 0.6 is 0 Å². The zero-order valence-electron chi connectivity index (χ0n) is 16.0. The molecular weight excluding hydrogens is 324 g/mol. The van der Waals surface area contributed by atoms with Gasteiger partial charge in [0.2, 0.25) is 0 Å². The molecule has 136 valence electrons. The van der Waals surface area contributed by atoms with Gasteiger partial charge in [-0.25, -0.2) is 4.79 Å². The number of likely N-dealkylation sites (N-methyl/N-ethyl adjacent to an activating group) is 1. The lowest BCUT2D eigenvalue weighted by Gasteiger charge is -2.18. The monoisotopic (exact) mass is 350 g/mol. The molecule has 4 heteroatoms. The highest BCUT2D eigenvalue weighted by atomic mass is 16.4. The lowest BCUT2D eigenvalue weighted by Crippen LogP contribution is -2.22. The summed E-state index contributed by atoms with van der Waals surface area (Å²) in [7, 11) is 2.07. The summed E-state index contributed by atoms with van der Waals surface area (Å²) in [6.45, 7) is 8.02. The minimum absolute atomic E-state index is 0.290. The Morgan fingerprint density at radius 1 is 1.19 bits per heavy atom. The zero-order chi connectivity index (χ0) is 18.7. The largest absolute Gasteiger partial charge is 0.423 e. The van der Waals surface area contributed by atoms with Crippen LogP contribution in [0.4, 0.5) is 0 Å². The zero-order valence-corrected chi connectivity index (χ0v) is 16.0. The number of aryl methyl sites for hydroxylation is 1. The number of nitrogens with zero attached hydrogens (tertiary/aromatic N) is 2. The van der Waals surface area contributed by atoms with Crippen molar-refractivity contribution in [2.24, 2.45) is 0 Å². The first-order chi connectivity index (χ1) is 12.4. The lowest BCUT2D eigenvalue weighted by molar-refractivity contribution is 0.330. The molecule has 2 heterocycles.